The molecule has 5 rings (SSSR count). The number of nitrogens with zero attached hydrogens (tertiary/aromatic N) is 3. The third-order valence-electron chi connectivity index (χ3n) is 6.28. The normalized spacial score (nSPS) is 14.6. The van der Waals surface area contributed by atoms with Crippen LogP contribution in [0, 0.1) is 12.8 Å². The largest absolute Gasteiger partial charge is 0.457 e. The zero-order valence-electron chi connectivity index (χ0n) is 18.3. The Labute approximate surface area is 188 Å². The van der Waals surface area contributed by atoms with Crippen molar-refractivity contribution in [1.29, 1.82) is 0 Å². The molecule has 0 saturated carbocycles. The number of likely N-dealkylation sites (tertiary alicyclic amines) is 1. The Hall–Kier alpha value is -3.60. The predicted octanol–water partition coefficient (Wildman–Crippen LogP) is 5.69. The van der Waals surface area contributed by atoms with Crippen molar-refractivity contribution in [3.05, 3.63) is 90.3 Å². The summed E-state index contributed by atoms with van der Waals surface area (Å²) in [5.74, 6) is 2.96. The van der Waals surface area contributed by atoms with Crippen molar-refractivity contribution in [3.8, 4) is 11.5 Å². The third-order valence-corrected chi connectivity index (χ3v) is 6.28. The van der Waals surface area contributed by atoms with Crippen LogP contribution in [-0.2, 0) is 6.54 Å². The minimum absolute atomic E-state index is 0.0410. The molecule has 0 radical (unpaired) electrons. The van der Waals surface area contributed by atoms with Gasteiger partial charge in [-0.3, -0.25) is 4.79 Å². The molecule has 1 aromatic heterocycles. The lowest BCUT2D eigenvalue weighted by atomic mass is 9.96. The van der Waals surface area contributed by atoms with Crippen LogP contribution in [0.3, 0.4) is 0 Å². The minimum Gasteiger partial charge on any atom is -0.457 e. The second-order valence-electron chi connectivity index (χ2n) is 8.41. The lowest BCUT2D eigenvalue weighted by molar-refractivity contribution is 0.0680. The average molecular weight is 426 g/mol. The Morgan fingerprint density at radius 2 is 1.62 bits per heavy atom. The first kappa shape index (κ1) is 20.3. The van der Waals surface area contributed by atoms with Gasteiger partial charge < -0.3 is 14.2 Å². The number of piperidine rings is 1. The molecule has 1 amide bonds. The van der Waals surface area contributed by atoms with Gasteiger partial charge in [0.1, 0.15) is 17.3 Å². The summed E-state index contributed by atoms with van der Waals surface area (Å²) in [6.07, 6.45) is 1.97. The molecule has 162 valence electrons. The van der Waals surface area contributed by atoms with E-state index in [9.17, 15) is 4.79 Å². The van der Waals surface area contributed by atoms with Gasteiger partial charge in [0.15, 0.2) is 0 Å². The summed E-state index contributed by atoms with van der Waals surface area (Å²) < 4.78 is 8.33. The molecule has 1 aliphatic heterocycles. The van der Waals surface area contributed by atoms with Crippen LogP contribution < -0.4 is 4.74 Å². The second kappa shape index (κ2) is 8.87. The summed E-state index contributed by atoms with van der Waals surface area (Å²) >= 11 is 0. The molecule has 1 fully saturated rings. The van der Waals surface area contributed by atoms with Crippen molar-refractivity contribution in [2.24, 2.45) is 5.92 Å². The molecule has 0 N–H and O–H groups in total. The highest BCUT2D eigenvalue weighted by atomic mass is 16.5. The van der Waals surface area contributed by atoms with Crippen molar-refractivity contribution in [2.45, 2.75) is 26.3 Å². The van der Waals surface area contributed by atoms with E-state index in [2.05, 4.69) is 29.7 Å². The fourth-order valence-corrected chi connectivity index (χ4v) is 4.52. The molecule has 4 aromatic rings. The number of amides is 1. The van der Waals surface area contributed by atoms with Crippen LogP contribution in [0.15, 0.2) is 78.9 Å². The molecule has 0 unspecified atom stereocenters. The summed E-state index contributed by atoms with van der Waals surface area (Å²) in [6, 6.07) is 25.4. The van der Waals surface area contributed by atoms with Crippen LogP contribution in [-0.4, -0.2) is 33.4 Å². The number of carbonyl (C=O) groups is 1. The molecule has 3 aromatic carbocycles. The molecule has 1 saturated heterocycles. The summed E-state index contributed by atoms with van der Waals surface area (Å²) in [5.41, 5.74) is 2.86. The van der Waals surface area contributed by atoms with Crippen molar-refractivity contribution in [2.75, 3.05) is 13.1 Å². The number of para-hydroxylation sites is 4. The highest BCUT2D eigenvalue weighted by Gasteiger charge is 2.26. The van der Waals surface area contributed by atoms with Gasteiger partial charge in [-0.25, -0.2) is 4.98 Å². The van der Waals surface area contributed by atoms with E-state index in [1.165, 1.54) is 5.52 Å². The number of benzene rings is 3. The van der Waals surface area contributed by atoms with Gasteiger partial charge in [0, 0.05) is 19.6 Å². The smallest absolute Gasteiger partial charge is 0.257 e. The van der Waals surface area contributed by atoms with E-state index in [1.54, 1.807) is 0 Å². The lowest BCUT2D eigenvalue weighted by Crippen LogP contribution is -2.39. The van der Waals surface area contributed by atoms with E-state index in [0.29, 0.717) is 17.2 Å². The van der Waals surface area contributed by atoms with Crippen LogP contribution >= 0.6 is 0 Å². The molecular formula is C27H27N3O2. The number of fused-ring (bicyclic) bond motifs is 1. The fraction of sp³-hybridized carbons (Fsp3) is 0.259. The van der Waals surface area contributed by atoms with Gasteiger partial charge >= 0.3 is 0 Å². The number of aryl methyl sites for hydroxylation is 1. The maximum atomic E-state index is 13.3. The Bertz CT molecular complexity index is 1220. The van der Waals surface area contributed by atoms with Gasteiger partial charge in [0.2, 0.25) is 0 Å². The van der Waals surface area contributed by atoms with Gasteiger partial charge in [-0.1, -0.05) is 42.5 Å². The maximum Gasteiger partial charge on any atom is 0.257 e. The molecule has 1 aliphatic rings. The maximum absolute atomic E-state index is 13.3. The SMILES string of the molecule is Cc1nc2ccccc2n1CC1CCN(C(=O)c2ccccc2Oc2ccccc2)CC1. The number of ether oxygens (including phenoxy) is 1. The summed E-state index contributed by atoms with van der Waals surface area (Å²) in [4.78, 5) is 19.9. The molecule has 0 aliphatic carbocycles. The number of hydrogen-bond acceptors (Lipinski definition) is 3. The molecule has 2 heterocycles. The number of carbonyl (C=O) groups excluding carboxylic acids is 1. The highest BCUT2D eigenvalue weighted by Crippen LogP contribution is 2.29. The van der Waals surface area contributed by atoms with E-state index in [0.717, 1.165) is 49.6 Å². The van der Waals surface area contributed by atoms with Gasteiger partial charge in [0.05, 0.1) is 16.6 Å². The van der Waals surface area contributed by atoms with Crippen LogP contribution in [0.25, 0.3) is 11.0 Å². The first-order chi connectivity index (χ1) is 15.7. The zero-order chi connectivity index (χ0) is 21.9. The number of hydrogen-bond donors (Lipinski definition) is 0. The molecule has 5 heteroatoms. The van der Waals surface area contributed by atoms with Gasteiger partial charge in [-0.05, 0) is 62.1 Å². The van der Waals surface area contributed by atoms with Crippen molar-refractivity contribution in [3.63, 3.8) is 0 Å². The Balaban J connectivity index is 1.26. The van der Waals surface area contributed by atoms with Crippen molar-refractivity contribution >= 4 is 16.9 Å². The number of rotatable bonds is 5. The number of aromatic nitrogens is 2. The predicted molar refractivity (Wildman–Crippen MR) is 126 cm³/mol. The lowest BCUT2D eigenvalue weighted by Gasteiger charge is -2.32. The molecule has 0 spiro atoms. The van der Waals surface area contributed by atoms with Crippen LogP contribution in [0.4, 0.5) is 0 Å². The highest BCUT2D eigenvalue weighted by molar-refractivity contribution is 5.97. The van der Waals surface area contributed by atoms with Crippen LogP contribution in [0.2, 0.25) is 0 Å². The van der Waals surface area contributed by atoms with E-state index < -0.39 is 0 Å². The van der Waals surface area contributed by atoms with Crippen molar-refractivity contribution in [1.82, 2.24) is 14.5 Å². The standard InChI is InChI=1S/C27H27N3O2/c1-20-28-24-12-6-7-13-25(24)30(20)19-21-15-17-29(18-16-21)27(31)23-11-5-8-14-26(23)32-22-9-3-2-4-10-22/h2-14,21H,15-19H2,1H3. The van der Waals surface area contributed by atoms with Crippen LogP contribution in [0.1, 0.15) is 29.0 Å². The summed E-state index contributed by atoms with van der Waals surface area (Å²) in [6.45, 7) is 4.54. The van der Waals surface area contributed by atoms with E-state index in [1.807, 2.05) is 65.6 Å². The topological polar surface area (TPSA) is 47.4 Å². The molecular weight excluding hydrogens is 398 g/mol. The molecule has 0 bridgehead atoms. The number of imidazole rings is 1. The van der Waals surface area contributed by atoms with Gasteiger partial charge in [-0.15, -0.1) is 0 Å². The summed E-state index contributed by atoms with van der Waals surface area (Å²) in [7, 11) is 0. The monoisotopic (exact) mass is 425 g/mol. The average Bonchev–Trinajstić information content (AvgIpc) is 3.15. The fourth-order valence-electron chi connectivity index (χ4n) is 4.52. The molecule has 5 nitrogen and oxygen atoms in total. The van der Waals surface area contributed by atoms with E-state index >= 15 is 0 Å². The Morgan fingerprint density at radius 3 is 2.44 bits per heavy atom. The zero-order valence-corrected chi connectivity index (χ0v) is 18.3. The van der Waals surface area contributed by atoms with Crippen molar-refractivity contribution < 1.29 is 9.53 Å². The first-order valence-electron chi connectivity index (χ1n) is 11.2. The van der Waals surface area contributed by atoms with E-state index in [4.69, 9.17) is 9.72 Å². The third kappa shape index (κ3) is 4.11. The quantitative estimate of drug-likeness (QED) is 0.413. The Morgan fingerprint density at radius 1 is 0.938 bits per heavy atom. The van der Waals surface area contributed by atoms with Crippen LogP contribution in [0.5, 0.6) is 11.5 Å². The summed E-state index contributed by atoms with van der Waals surface area (Å²) in [5, 5.41) is 0. The van der Waals surface area contributed by atoms with E-state index in [-0.39, 0.29) is 5.91 Å². The first-order valence-corrected chi connectivity index (χ1v) is 11.2. The molecule has 32 heavy (non-hydrogen) atoms. The van der Waals surface area contributed by atoms with Gasteiger partial charge in [0.25, 0.3) is 5.91 Å². The Kier molecular flexibility index (Phi) is 5.63. The molecule has 0 atom stereocenters. The van der Waals surface area contributed by atoms with Gasteiger partial charge in [-0.2, -0.15) is 0 Å². The minimum atomic E-state index is 0.0410. The second-order valence-corrected chi connectivity index (χ2v) is 8.41.